The zero-order valence-electron chi connectivity index (χ0n) is 14.8. The highest BCUT2D eigenvalue weighted by molar-refractivity contribution is 6.35. The Morgan fingerprint density at radius 1 is 0.963 bits per heavy atom. The number of fused-ring (bicyclic) bond motifs is 1. The average molecular weight is 372 g/mol. The molecular weight excluding hydrogens is 352 g/mol. The van der Waals surface area contributed by atoms with Crippen LogP contribution < -0.4 is 29.6 Å². The van der Waals surface area contributed by atoms with Crippen LogP contribution in [0.4, 0.5) is 0 Å². The normalized spacial score (nSPS) is 11.6. The molecule has 1 aliphatic rings. The van der Waals surface area contributed by atoms with Gasteiger partial charge in [0.05, 0.1) is 13.7 Å². The Labute approximate surface area is 156 Å². The van der Waals surface area contributed by atoms with Gasteiger partial charge in [-0.15, -0.1) is 0 Å². The third-order valence-electron chi connectivity index (χ3n) is 3.81. The molecule has 1 heterocycles. The van der Waals surface area contributed by atoms with Crippen LogP contribution in [0.5, 0.6) is 23.0 Å². The minimum Gasteiger partial charge on any atom is -0.497 e. The summed E-state index contributed by atoms with van der Waals surface area (Å²) in [5.74, 6) is 1.25. The van der Waals surface area contributed by atoms with Gasteiger partial charge in [0, 0.05) is 6.54 Å². The molecule has 8 heteroatoms. The number of nitrogens with one attached hydrogen (secondary N) is 2. The monoisotopic (exact) mass is 372 g/mol. The van der Waals surface area contributed by atoms with Crippen LogP contribution in [0, 0.1) is 0 Å². The average Bonchev–Trinajstić information content (AvgIpc) is 3.17. The highest BCUT2D eigenvalue weighted by Gasteiger charge is 2.15. The minimum atomic E-state index is -0.714. The number of methoxy groups -OCH3 is 1. The summed E-state index contributed by atoms with van der Waals surface area (Å²) in [4.78, 5) is 23.7. The van der Waals surface area contributed by atoms with E-state index in [1.807, 2.05) is 0 Å². The van der Waals surface area contributed by atoms with Crippen LogP contribution in [0.25, 0.3) is 0 Å². The topological polar surface area (TPSA) is 95.1 Å². The maximum Gasteiger partial charge on any atom is 0.309 e. The van der Waals surface area contributed by atoms with Gasteiger partial charge in [-0.1, -0.05) is 6.07 Å². The number of carbonyl (C=O) groups excluding carboxylic acids is 2. The number of hydrogen-bond acceptors (Lipinski definition) is 6. The van der Waals surface area contributed by atoms with Crippen molar-refractivity contribution in [2.75, 3.05) is 27.1 Å². The molecule has 0 unspecified atom stereocenters. The SMILES string of the molecule is COc1ccc(OCCNC(=O)C(=O)NCc2ccc3c(c2)OCO3)cc1. The number of carbonyl (C=O) groups is 2. The third-order valence-corrected chi connectivity index (χ3v) is 3.81. The van der Waals surface area contributed by atoms with Gasteiger partial charge in [0.2, 0.25) is 6.79 Å². The van der Waals surface area contributed by atoms with E-state index in [2.05, 4.69) is 10.6 Å². The number of benzene rings is 2. The van der Waals surface area contributed by atoms with Crippen LogP contribution in [0.2, 0.25) is 0 Å². The maximum absolute atomic E-state index is 11.9. The first-order valence-corrected chi connectivity index (χ1v) is 8.37. The molecule has 1 aliphatic heterocycles. The van der Waals surface area contributed by atoms with Crippen molar-refractivity contribution >= 4 is 11.8 Å². The molecule has 2 N–H and O–H groups in total. The highest BCUT2D eigenvalue weighted by atomic mass is 16.7. The molecule has 142 valence electrons. The van der Waals surface area contributed by atoms with Crippen LogP contribution in [0.15, 0.2) is 42.5 Å². The summed E-state index contributed by atoms with van der Waals surface area (Å²) in [5.41, 5.74) is 0.809. The molecular formula is C19H20N2O6. The maximum atomic E-state index is 11.9. The molecule has 2 aromatic carbocycles. The van der Waals surface area contributed by atoms with E-state index in [0.29, 0.717) is 17.2 Å². The molecule has 0 saturated heterocycles. The van der Waals surface area contributed by atoms with Crippen molar-refractivity contribution in [3.63, 3.8) is 0 Å². The van der Waals surface area contributed by atoms with Gasteiger partial charge in [-0.25, -0.2) is 0 Å². The second-order valence-corrected chi connectivity index (χ2v) is 5.65. The fourth-order valence-electron chi connectivity index (χ4n) is 2.40. The molecule has 0 spiro atoms. The standard InChI is InChI=1S/C19H20N2O6/c1-24-14-3-5-15(6-4-14)25-9-8-20-18(22)19(23)21-11-13-2-7-16-17(10-13)27-12-26-16/h2-7,10H,8-9,11-12H2,1H3,(H,20,22)(H,21,23). The van der Waals surface area contributed by atoms with Gasteiger partial charge in [0.25, 0.3) is 0 Å². The molecule has 0 fully saturated rings. The molecule has 27 heavy (non-hydrogen) atoms. The van der Waals surface area contributed by atoms with Gasteiger partial charge in [-0.2, -0.15) is 0 Å². The molecule has 0 saturated carbocycles. The van der Waals surface area contributed by atoms with E-state index >= 15 is 0 Å². The van der Waals surface area contributed by atoms with Crippen molar-refractivity contribution in [1.29, 1.82) is 0 Å². The van der Waals surface area contributed by atoms with Crippen molar-refractivity contribution in [2.45, 2.75) is 6.54 Å². The largest absolute Gasteiger partial charge is 0.497 e. The number of amides is 2. The van der Waals surface area contributed by atoms with Crippen molar-refractivity contribution in [2.24, 2.45) is 0 Å². The van der Waals surface area contributed by atoms with Gasteiger partial charge in [-0.05, 0) is 42.0 Å². The first-order chi connectivity index (χ1) is 13.2. The van der Waals surface area contributed by atoms with Crippen molar-refractivity contribution in [1.82, 2.24) is 10.6 Å². The predicted octanol–water partition coefficient (Wildman–Crippen LogP) is 1.24. The fraction of sp³-hybridized carbons (Fsp3) is 0.263. The second kappa shape index (κ2) is 8.79. The van der Waals surface area contributed by atoms with Gasteiger partial charge >= 0.3 is 11.8 Å². The van der Waals surface area contributed by atoms with Gasteiger partial charge < -0.3 is 29.6 Å². The Bertz CT molecular complexity index is 806. The molecule has 2 amide bonds. The van der Waals surface area contributed by atoms with Crippen LogP contribution in [0.3, 0.4) is 0 Å². The predicted molar refractivity (Wildman–Crippen MR) is 95.9 cm³/mol. The summed E-state index contributed by atoms with van der Waals surface area (Å²) < 4.78 is 21.0. The van der Waals surface area contributed by atoms with Crippen LogP contribution in [0.1, 0.15) is 5.56 Å². The molecule has 0 atom stereocenters. The lowest BCUT2D eigenvalue weighted by Crippen LogP contribution is -2.41. The molecule has 0 bridgehead atoms. The van der Waals surface area contributed by atoms with E-state index in [4.69, 9.17) is 18.9 Å². The lowest BCUT2D eigenvalue weighted by Gasteiger charge is -2.09. The minimum absolute atomic E-state index is 0.187. The van der Waals surface area contributed by atoms with Gasteiger partial charge in [0.15, 0.2) is 11.5 Å². The van der Waals surface area contributed by atoms with Crippen molar-refractivity contribution in [3.8, 4) is 23.0 Å². The van der Waals surface area contributed by atoms with Crippen molar-refractivity contribution < 1.29 is 28.5 Å². The van der Waals surface area contributed by atoms with E-state index in [9.17, 15) is 9.59 Å². The van der Waals surface area contributed by atoms with Gasteiger partial charge in [0.1, 0.15) is 18.1 Å². The Hall–Kier alpha value is -3.42. The van der Waals surface area contributed by atoms with E-state index in [0.717, 1.165) is 11.3 Å². The molecule has 2 aromatic rings. The summed E-state index contributed by atoms with van der Waals surface area (Å²) >= 11 is 0. The zero-order valence-corrected chi connectivity index (χ0v) is 14.8. The Morgan fingerprint density at radius 2 is 1.67 bits per heavy atom. The fourth-order valence-corrected chi connectivity index (χ4v) is 2.40. The first-order valence-electron chi connectivity index (χ1n) is 8.37. The summed E-state index contributed by atoms with van der Waals surface area (Å²) in [6, 6.07) is 12.4. The van der Waals surface area contributed by atoms with Crippen LogP contribution in [-0.4, -0.2) is 38.9 Å². The number of hydrogen-bond donors (Lipinski definition) is 2. The Kier molecular flexibility index (Phi) is 5.98. The van der Waals surface area contributed by atoms with E-state index in [1.165, 1.54) is 0 Å². The molecule has 0 aromatic heterocycles. The summed E-state index contributed by atoms with van der Waals surface area (Å²) in [6.07, 6.45) is 0. The van der Waals surface area contributed by atoms with Crippen molar-refractivity contribution in [3.05, 3.63) is 48.0 Å². The summed E-state index contributed by atoms with van der Waals surface area (Å²) in [5, 5.41) is 5.07. The molecule has 0 aliphatic carbocycles. The van der Waals surface area contributed by atoms with E-state index in [1.54, 1.807) is 49.6 Å². The molecule has 0 radical (unpaired) electrons. The lowest BCUT2D eigenvalue weighted by molar-refractivity contribution is -0.139. The highest BCUT2D eigenvalue weighted by Crippen LogP contribution is 2.32. The van der Waals surface area contributed by atoms with Crippen LogP contribution >= 0.6 is 0 Å². The Balaban J connectivity index is 1.35. The number of rotatable bonds is 7. The summed E-state index contributed by atoms with van der Waals surface area (Å²) in [6.45, 7) is 0.854. The lowest BCUT2D eigenvalue weighted by atomic mass is 10.2. The first kappa shape index (κ1) is 18.4. The van der Waals surface area contributed by atoms with Gasteiger partial charge in [-0.3, -0.25) is 9.59 Å². The molecule has 8 nitrogen and oxygen atoms in total. The number of ether oxygens (including phenoxy) is 4. The smallest absolute Gasteiger partial charge is 0.309 e. The Morgan fingerprint density at radius 3 is 2.44 bits per heavy atom. The summed E-state index contributed by atoms with van der Waals surface area (Å²) in [7, 11) is 1.59. The third kappa shape index (κ3) is 5.04. The van der Waals surface area contributed by atoms with E-state index in [-0.39, 0.29) is 26.5 Å². The van der Waals surface area contributed by atoms with E-state index < -0.39 is 11.8 Å². The second-order valence-electron chi connectivity index (χ2n) is 5.65. The zero-order chi connectivity index (χ0) is 19.1. The van der Waals surface area contributed by atoms with Crippen LogP contribution in [-0.2, 0) is 16.1 Å². The quantitative estimate of drug-likeness (QED) is 0.561. The molecule has 3 rings (SSSR count).